The van der Waals surface area contributed by atoms with E-state index in [9.17, 15) is 0 Å². The summed E-state index contributed by atoms with van der Waals surface area (Å²) in [5.41, 5.74) is 2.62. The lowest BCUT2D eigenvalue weighted by Gasteiger charge is -2.09. The predicted molar refractivity (Wildman–Crippen MR) is 68.7 cm³/mol. The van der Waals surface area contributed by atoms with E-state index in [2.05, 4.69) is 15.3 Å². The van der Waals surface area contributed by atoms with Crippen molar-refractivity contribution >= 4 is 11.5 Å². The van der Waals surface area contributed by atoms with Crippen molar-refractivity contribution in [3.63, 3.8) is 0 Å². The summed E-state index contributed by atoms with van der Waals surface area (Å²) in [5.74, 6) is 0.638. The summed E-state index contributed by atoms with van der Waals surface area (Å²) in [4.78, 5) is 8.60. The Morgan fingerprint density at radius 1 is 1.24 bits per heavy atom. The average molecular weight is 226 g/mol. The topological polar surface area (TPSA) is 61.7 Å². The molecule has 2 N–H and O–H groups in total. The van der Waals surface area contributed by atoms with Gasteiger partial charge in [0.05, 0.1) is 11.4 Å². The number of hydrogen-bond donors (Lipinski definition) is 2. The minimum absolute atomic E-state index is 0.377. The number of rotatable bonds is 3. The third-order valence-electron chi connectivity index (χ3n) is 2.43. The standard InChI is InChI=1S/C13H14N4/c1-9-8-16-12(13(15-2)17-9)11(14)10-6-4-3-5-7-10/h3-8,14H,1-2H3,(H,15,17). The van der Waals surface area contributed by atoms with Gasteiger partial charge in [-0.3, -0.25) is 5.41 Å². The second kappa shape index (κ2) is 4.74. The van der Waals surface area contributed by atoms with E-state index in [1.165, 1.54) is 0 Å². The molecule has 0 radical (unpaired) electrons. The van der Waals surface area contributed by atoms with Crippen LogP contribution >= 0.6 is 0 Å². The number of aromatic nitrogens is 2. The molecule has 0 saturated heterocycles. The first kappa shape index (κ1) is 11.3. The van der Waals surface area contributed by atoms with Gasteiger partial charge in [0.1, 0.15) is 5.69 Å². The monoisotopic (exact) mass is 226 g/mol. The summed E-state index contributed by atoms with van der Waals surface area (Å²) >= 11 is 0. The van der Waals surface area contributed by atoms with Crippen molar-refractivity contribution in [2.75, 3.05) is 12.4 Å². The van der Waals surface area contributed by atoms with Crippen LogP contribution in [-0.4, -0.2) is 22.7 Å². The van der Waals surface area contributed by atoms with Crippen LogP contribution in [0.5, 0.6) is 0 Å². The van der Waals surface area contributed by atoms with Gasteiger partial charge in [-0.05, 0) is 6.92 Å². The molecule has 86 valence electrons. The normalized spacial score (nSPS) is 10.0. The molecule has 4 heteroatoms. The molecule has 0 amide bonds. The summed E-state index contributed by atoms with van der Waals surface area (Å²) in [7, 11) is 1.78. The van der Waals surface area contributed by atoms with Gasteiger partial charge >= 0.3 is 0 Å². The van der Waals surface area contributed by atoms with Gasteiger partial charge in [-0.15, -0.1) is 0 Å². The second-order valence-corrected chi connectivity index (χ2v) is 3.70. The van der Waals surface area contributed by atoms with Crippen LogP contribution in [0.1, 0.15) is 17.0 Å². The molecular formula is C13H14N4. The summed E-state index contributed by atoms with van der Waals surface area (Å²) in [5, 5.41) is 11.1. The van der Waals surface area contributed by atoms with E-state index in [0.29, 0.717) is 17.2 Å². The number of anilines is 1. The van der Waals surface area contributed by atoms with Crippen LogP contribution in [0, 0.1) is 12.3 Å². The van der Waals surface area contributed by atoms with Gasteiger partial charge in [0, 0.05) is 18.8 Å². The Kier molecular flexibility index (Phi) is 3.14. The van der Waals surface area contributed by atoms with E-state index < -0.39 is 0 Å². The number of hydrogen-bond acceptors (Lipinski definition) is 4. The Morgan fingerprint density at radius 2 is 1.94 bits per heavy atom. The summed E-state index contributed by atoms with van der Waals surface area (Å²) < 4.78 is 0. The molecule has 1 aromatic heterocycles. The zero-order valence-corrected chi connectivity index (χ0v) is 9.86. The lowest BCUT2D eigenvalue weighted by atomic mass is 10.1. The van der Waals surface area contributed by atoms with Gasteiger partial charge in [-0.25, -0.2) is 9.97 Å². The molecule has 0 atom stereocenters. The highest BCUT2D eigenvalue weighted by Gasteiger charge is 2.11. The Labute approximate surface area is 100 Å². The first-order valence-corrected chi connectivity index (χ1v) is 5.38. The molecule has 1 aromatic carbocycles. The Balaban J connectivity index is 2.44. The maximum atomic E-state index is 8.14. The van der Waals surface area contributed by atoms with Gasteiger partial charge in [-0.2, -0.15) is 0 Å². The largest absolute Gasteiger partial charge is 0.371 e. The quantitative estimate of drug-likeness (QED) is 0.789. The lowest BCUT2D eigenvalue weighted by molar-refractivity contribution is 1.09. The van der Waals surface area contributed by atoms with Crippen molar-refractivity contribution in [2.45, 2.75) is 6.92 Å². The van der Waals surface area contributed by atoms with Gasteiger partial charge in [0.25, 0.3) is 0 Å². The molecule has 4 nitrogen and oxygen atoms in total. The third-order valence-corrected chi connectivity index (χ3v) is 2.43. The molecule has 17 heavy (non-hydrogen) atoms. The maximum absolute atomic E-state index is 8.14. The van der Waals surface area contributed by atoms with E-state index >= 15 is 0 Å². The smallest absolute Gasteiger partial charge is 0.154 e. The number of nitrogens with one attached hydrogen (secondary N) is 2. The van der Waals surface area contributed by atoms with Crippen molar-refractivity contribution in [3.8, 4) is 0 Å². The van der Waals surface area contributed by atoms with E-state index in [0.717, 1.165) is 11.3 Å². The highest BCUT2D eigenvalue weighted by Crippen LogP contribution is 2.14. The van der Waals surface area contributed by atoms with Crippen LogP contribution in [0.4, 0.5) is 5.82 Å². The van der Waals surface area contributed by atoms with Gasteiger partial charge in [-0.1, -0.05) is 30.3 Å². The minimum atomic E-state index is 0.377. The molecular weight excluding hydrogens is 212 g/mol. The first-order chi connectivity index (χ1) is 8.22. The van der Waals surface area contributed by atoms with E-state index in [-0.39, 0.29) is 0 Å². The van der Waals surface area contributed by atoms with Gasteiger partial charge < -0.3 is 5.32 Å². The average Bonchev–Trinajstić information content (AvgIpc) is 2.39. The third kappa shape index (κ3) is 2.30. The summed E-state index contributed by atoms with van der Waals surface area (Å²) in [6, 6.07) is 9.53. The first-order valence-electron chi connectivity index (χ1n) is 5.38. The van der Waals surface area contributed by atoms with Crippen LogP contribution in [0.2, 0.25) is 0 Å². The fourth-order valence-electron chi connectivity index (χ4n) is 1.58. The number of aryl methyl sites for hydroxylation is 1. The van der Waals surface area contributed by atoms with Crippen LogP contribution < -0.4 is 5.32 Å². The molecule has 0 aliphatic rings. The molecule has 0 bridgehead atoms. The highest BCUT2D eigenvalue weighted by atomic mass is 15.0. The van der Waals surface area contributed by atoms with Crippen molar-refractivity contribution in [1.29, 1.82) is 5.41 Å². The molecule has 2 rings (SSSR count). The predicted octanol–water partition coefficient (Wildman–Crippen LogP) is 2.24. The van der Waals surface area contributed by atoms with Gasteiger partial charge in [0.15, 0.2) is 5.82 Å². The fourth-order valence-corrected chi connectivity index (χ4v) is 1.58. The molecule has 0 aliphatic carbocycles. The molecule has 2 aromatic rings. The van der Waals surface area contributed by atoms with Crippen LogP contribution in [-0.2, 0) is 0 Å². The summed E-state index contributed by atoms with van der Waals surface area (Å²) in [6.45, 7) is 1.88. The molecule has 1 heterocycles. The van der Waals surface area contributed by atoms with Crippen LogP contribution in [0.3, 0.4) is 0 Å². The Bertz CT molecular complexity index is 534. The fraction of sp³-hybridized carbons (Fsp3) is 0.154. The van der Waals surface area contributed by atoms with Crippen molar-refractivity contribution in [1.82, 2.24) is 9.97 Å². The maximum Gasteiger partial charge on any atom is 0.154 e. The molecule has 0 saturated carbocycles. The molecule has 0 fully saturated rings. The zero-order valence-electron chi connectivity index (χ0n) is 9.86. The molecule has 0 aliphatic heterocycles. The van der Waals surface area contributed by atoms with Crippen LogP contribution in [0.15, 0.2) is 36.5 Å². The zero-order chi connectivity index (χ0) is 12.3. The van der Waals surface area contributed by atoms with Gasteiger partial charge in [0.2, 0.25) is 0 Å². The number of benzene rings is 1. The van der Waals surface area contributed by atoms with Crippen molar-refractivity contribution in [2.24, 2.45) is 0 Å². The molecule has 0 spiro atoms. The second-order valence-electron chi connectivity index (χ2n) is 3.70. The highest BCUT2D eigenvalue weighted by molar-refractivity contribution is 6.12. The van der Waals surface area contributed by atoms with E-state index in [4.69, 9.17) is 5.41 Å². The van der Waals surface area contributed by atoms with Crippen molar-refractivity contribution < 1.29 is 0 Å². The van der Waals surface area contributed by atoms with Crippen molar-refractivity contribution in [3.05, 3.63) is 53.5 Å². The number of nitrogens with zero attached hydrogens (tertiary/aromatic N) is 2. The molecule has 0 unspecified atom stereocenters. The van der Waals surface area contributed by atoms with E-state index in [1.807, 2.05) is 37.3 Å². The Hall–Kier alpha value is -2.23. The minimum Gasteiger partial charge on any atom is -0.371 e. The van der Waals surface area contributed by atoms with E-state index in [1.54, 1.807) is 13.2 Å². The Morgan fingerprint density at radius 3 is 2.59 bits per heavy atom. The SMILES string of the molecule is CNc1nc(C)cnc1C(=N)c1ccccc1. The lowest BCUT2D eigenvalue weighted by Crippen LogP contribution is -2.10. The summed E-state index contributed by atoms with van der Waals surface area (Å²) in [6.07, 6.45) is 1.67. The van der Waals surface area contributed by atoms with Crippen LogP contribution in [0.25, 0.3) is 0 Å².